The van der Waals surface area contributed by atoms with E-state index in [1.807, 2.05) is 42.5 Å². The van der Waals surface area contributed by atoms with Crippen LogP contribution in [0.5, 0.6) is 0 Å². The molecule has 1 saturated heterocycles. The molecule has 4 amide bonds. The maximum Gasteiger partial charge on any atom is 0.325 e. The van der Waals surface area contributed by atoms with Crippen molar-refractivity contribution < 1.29 is 14.4 Å². The van der Waals surface area contributed by atoms with E-state index < -0.39 is 11.6 Å². The Bertz CT molecular complexity index is 991. The Balaban J connectivity index is 1.54. The highest BCUT2D eigenvalue weighted by molar-refractivity contribution is 6.10. The standard InChI is InChI=1S/C24H29N3O3/c1-16-11-13-18(14-12-16)26(3)21(28)15-27-22(29)24(2,25-23(27)30)20-10-6-8-17-7-4-5-9-19(17)20/h4-10,16,18H,11-15H2,1-3H3,(H,25,30)/t16?,18?,24-/m1/s1. The SMILES string of the molecule is CC1CCC(N(C)C(=O)CN2C(=O)N[C@](C)(c3cccc4ccccc34)C2=O)CC1. The molecule has 1 aliphatic heterocycles. The molecule has 6 nitrogen and oxygen atoms in total. The molecule has 1 saturated carbocycles. The van der Waals surface area contributed by atoms with E-state index in [9.17, 15) is 14.4 Å². The van der Waals surface area contributed by atoms with Gasteiger partial charge in [-0.2, -0.15) is 0 Å². The molecule has 0 unspecified atom stereocenters. The van der Waals surface area contributed by atoms with Gasteiger partial charge in [0.15, 0.2) is 0 Å². The number of carbonyl (C=O) groups is 3. The minimum atomic E-state index is -1.20. The average molecular weight is 408 g/mol. The van der Waals surface area contributed by atoms with Gasteiger partial charge in [0.1, 0.15) is 12.1 Å². The van der Waals surface area contributed by atoms with Crippen LogP contribution in [-0.2, 0) is 15.1 Å². The van der Waals surface area contributed by atoms with Crippen LogP contribution in [0.2, 0.25) is 0 Å². The fraction of sp³-hybridized carbons (Fsp3) is 0.458. The lowest BCUT2D eigenvalue weighted by molar-refractivity contribution is -0.139. The molecule has 1 heterocycles. The summed E-state index contributed by atoms with van der Waals surface area (Å²) in [7, 11) is 1.78. The Morgan fingerprint density at radius 1 is 1.10 bits per heavy atom. The van der Waals surface area contributed by atoms with Crippen molar-refractivity contribution in [2.75, 3.05) is 13.6 Å². The van der Waals surface area contributed by atoms with Gasteiger partial charge in [0.2, 0.25) is 5.91 Å². The number of benzene rings is 2. The van der Waals surface area contributed by atoms with E-state index in [0.717, 1.165) is 46.9 Å². The van der Waals surface area contributed by atoms with Crippen molar-refractivity contribution in [2.24, 2.45) is 5.92 Å². The summed E-state index contributed by atoms with van der Waals surface area (Å²) < 4.78 is 0. The quantitative estimate of drug-likeness (QED) is 0.787. The number of amides is 4. The fourth-order valence-electron chi connectivity index (χ4n) is 4.76. The zero-order valence-electron chi connectivity index (χ0n) is 17.9. The van der Waals surface area contributed by atoms with Gasteiger partial charge in [0.05, 0.1) is 0 Å². The van der Waals surface area contributed by atoms with Crippen molar-refractivity contribution in [1.29, 1.82) is 0 Å². The molecule has 1 N–H and O–H groups in total. The van der Waals surface area contributed by atoms with Crippen LogP contribution in [0.4, 0.5) is 4.79 Å². The second-order valence-electron chi connectivity index (χ2n) is 8.89. The van der Waals surface area contributed by atoms with E-state index >= 15 is 0 Å². The second kappa shape index (κ2) is 7.74. The molecule has 2 aliphatic rings. The number of nitrogens with zero attached hydrogens (tertiary/aromatic N) is 2. The number of nitrogens with one attached hydrogen (secondary N) is 1. The molecule has 2 fully saturated rings. The molecule has 0 bridgehead atoms. The van der Waals surface area contributed by atoms with Crippen LogP contribution in [0.1, 0.15) is 45.1 Å². The summed E-state index contributed by atoms with van der Waals surface area (Å²) >= 11 is 0. The molecule has 4 rings (SSSR count). The summed E-state index contributed by atoms with van der Waals surface area (Å²) in [5.41, 5.74) is -0.458. The molecular formula is C24H29N3O3. The largest absolute Gasteiger partial charge is 0.341 e. The molecule has 30 heavy (non-hydrogen) atoms. The van der Waals surface area contributed by atoms with E-state index in [1.54, 1.807) is 18.9 Å². The predicted molar refractivity (Wildman–Crippen MR) is 116 cm³/mol. The predicted octanol–water partition coefficient (Wildman–Crippen LogP) is 3.64. The van der Waals surface area contributed by atoms with Crippen LogP contribution in [-0.4, -0.2) is 47.3 Å². The molecule has 0 radical (unpaired) electrons. The van der Waals surface area contributed by atoms with Crippen LogP contribution < -0.4 is 5.32 Å². The molecule has 1 aliphatic carbocycles. The first-order valence-electron chi connectivity index (χ1n) is 10.7. The summed E-state index contributed by atoms with van der Waals surface area (Å²) in [6, 6.07) is 13.2. The number of carbonyl (C=O) groups excluding carboxylic acids is 3. The Labute approximate surface area is 177 Å². The first-order chi connectivity index (χ1) is 14.3. The van der Waals surface area contributed by atoms with Gasteiger partial charge >= 0.3 is 6.03 Å². The number of likely N-dealkylation sites (N-methyl/N-ethyl adjacent to an activating group) is 1. The molecule has 2 aromatic carbocycles. The fourth-order valence-corrected chi connectivity index (χ4v) is 4.76. The van der Waals surface area contributed by atoms with Crippen molar-refractivity contribution in [3.05, 3.63) is 48.0 Å². The number of imide groups is 1. The number of hydrogen-bond acceptors (Lipinski definition) is 3. The van der Waals surface area contributed by atoms with E-state index in [0.29, 0.717) is 5.92 Å². The Morgan fingerprint density at radius 3 is 2.50 bits per heavy atom. The van der Waals surface area contributed by atoms with Crippen LogP contribution in [0.15, 0.2) is 42.5 Å². The average Bonchev–Trinajstić information content (AvgIpc) is 2.97. The number of urea groups is 1. The first-order valence-corrected chi connectivity index (χ1v) is 10.7. The van der Waals surface area contributed by atoms with E-state index in [1.165, 1.54) is 0 Å². The van der Waals surface area contributed by atoms with Crippen LogP contribution >= 0.6 is 0 Å². The molecule has 0 aromatic heterocycles. The molecular weight excluding hydrogens is 378 g/mol. The highest BCUT2D eigenvalue weighted by Gasteiger charge is 2.50. The summed E-state index contributed by atoms with van der Waals surface area (Å²) in [5, 5.41) is 4.75. The number of fused-ring (bicyclic) bond motifs is 1. The lowest BCUT2D eigenvalue weighted by Gasteiger charge is -2.34. The minimum Gasteiger partial charge on any atom is -0.341 e. The normalized spacial score (nSPS) is 26.7. The van der Waals surface area contributed by atoms with Gasteiger partial charge in [0.25, 0.3) is 5.91 Å². The highest BCUT2D eigenvalue weighted by Crippen LogP contribution is 2.34. The molecule has 1 atom stereocenters. The summed E-state index contributed by atoms with van der Waals surface area (Å²) in [4.78, 5) is 41.7. The third kappa shape index (κ3) is 3.44. The van der Waals surface area contributed by atoms with Crippen molar-refractivity contribution in [3.8, 4) is 0 Å². The van der Waals surface area contributed by atoms with Gasteiger partial charge in [0, 0.05) is 13.1 Å². The van der Waals surface area contributed by atoms with Crippen molar-refractivity contribution in [1.82, 2.24) is 15.1 Å². The lowest BCUT2D eigenvalue weighted by Crippen LogP contribution is -2.47. The van der Waals surface area contributed by atoms with E-state index in [2.05, 4.69) is 12.2 Å². The Kier molecular flexibility index (Phi) is 5.26. The van der Waals surface area contributed by atoms with Crippen LogP contribution in [0, 0.1) is 5.92 Å². The smallest absolute Gasteiger partial charge is 0.325 e. The van der Waals surface area contributed by atoms with Gasteiger partial charge in [-0.25, -0.2) is 4.79 Å². The van der Waals surface area contributed by atoms with Gasteiger partial charge in [-0.05, 0) is 54.9 Å². The van der Waals surface area contributed by atoms with Gasteiger partial charge < -0.3 is 10.2 Å². The lowest BCUT2D eigenvalue weighted by atomic mass is 9.86. The van der Waals surface area contributed by atoms with Crippen molar-refractivity contribution in [2.45, 2.75) is 51.1 Å². The zero-order chi connectivity index (χ0) is 21.5. The van der Waals surface area contributed by atoms with Gasteiger partial charge in [-0.1, -0.05) is 49.4 Å². The monoisotopic (exact) mass is 407 g/mol. The third-order valence-corrected chi connectivity index (χ3v) is 6.82. The topological polar surface area (TPSA) is 69.7 Å². The number of rotatable bonds is 4. The van der Waals surface area contributed by atoms with Crippen molar-refractivity contribution >= 4 is 28.6 Å². The first kappa shape index (κ1) is 20.4. The molecule has 2 aromatic rings. The molecule has 158 valence electrons. The minimum absolute atomic E-state index is 0.180. The van der Waals surface area contributed by atoms with Crippen molar-refractivity contribution in [3.63, 3.8) is 0 Å². The molecule has 0 spiro atoms. The van der Waals surface area contributed by atoms with E-state index in [4.69, 9.17) is 0 Å². The summed E-state index contributed by atoms with van der Waals surface area (Å²) in [5.74, 6) is 0.111. The zero-order valence-corrected chi connectivity index (χ0v) is 17.9. The van der Waals surface area contributed by atoms with Gasteiger partial charge in [-0.15, -0.1) is 0 Å². The number of hydrogen-bond donors (Lipinski definition) is 1. The Morgan fingerprint density at radius 2 is 1.77 bits per heavy atom. The Hall–Kier alpha value is -2.89. The highest BCUT2D eigenvalue weighted by atomic mass is 16.2. The third-order valence-electron chi connectivity index (χ3n) is 6.82. The maximum atomic E-state index is 13.3. The van der Waals surface area contributed by atoms with Crippen LogP contribution in [0.25, 0.3) is 10.8 Å². The van der Waals surface area contributed by atoms with Crippen LogP contribution in [0.3, 0.4) is 0 Å². The second-order valence-corrected chi connectivity index (χ2v) is 8.89. The van der Waals surface area contributed by atoms with E-state index in [-0.39, 0.29) is 24.4 Å². The summed E-state index contributed by atoms with van der Waals surface area (Å²) in [6.07, 6.45) is 4.14. The maximum absolute atomic E-state index is 13.3. The summed E-state index contributed by atoms with van der Waals surface area (Å²) in [6.45, 7) is 3.72. The molecule has 6 heteroatoms. The van der Waals surface area contributed by atoms with Gasteiger partial charge in [-0.3, -0.25) is 14.5 Å².